The second-order valence-corrected chi connectivity index (χ2v) is 14.0. The number of aliphatic imine (C=N–C) groups is 1. The molecule has 21 heteroatoms. The van der Waals surface area contributed by atoms with Gasteiger partial charge in [-0.1, -0.05) is 11.2 Å². The Balaban J connectivity index is 1.32. The number of ether oxygens (including phenoxy) is 1. The average molecular weight is 738 g/mol. The number of amides is 1. The lowest BCUT2D eigenvalue weighted by atomic mass is 9.74. The number of hydroxylamine groups is 2. The van der Waals surface area contributed by atoms with Crippen molar-refractivity contribution in [2.75, 3.05) is 45.1 Å². The van der Waals surface area contributed by atoms with Crippen molar-refractivity contribution < 1.29 is 36.4 Å². The van der Waals surface area contributed by atoms with E-state index in [9.17, 15) is 18.0 Å². The SMILES string of the molecule is CC1(C)C(CC(=O)/C(=N\OCCOc2ccc3c(c2)CN(C(=N)N(CCCN)CCCN=C(N)N)C3)c2csc(N)n2)C(=O)N1OS(=O)(=O)O. The molecule has 0 aliphatic carbocycles. The first-order valence-corrected chi connectivity index (χ1v) is 17.9. The minimum absolute atomic E-state index is 0.0377. The number of ketones is 1. The summed E-state index contributed by atoms with van der Waals surface area (Å²) in [6, 6.07) is 5.69. The Morgan fingerprint density at radius 2 is 1.92 bits per heavy atom. The van der Waals surface area contributed by atoms with Crippen LogP contribution in [0.25, 0.3) is 0 Å². The van der Waals surface area contributed by atoms with Crippen LogP contribution >= 0.6 is 11.3 Å². The zero-order valence-corrected chi connectivity index (χ0v) is 29.4. The maximum atomic E-state index is 13.3. The normalized spacial score (nSPS) is 16.8. The van der Waals surface area contributed by atoms with Crippen LogP contribution in [0.15, 0.2) is 33.7 Å². The number of carbonyl (C=O) groups is 2. The molecule has 4 rings (SSSR count). The molecule has 1 aromatic heterocycles. The van der Waals surface area contributed by atoms with Crippen LogP contribution in [0.5, 0.6) is 5.75 Å². The van der Waals surface area contributed by atoms with E-state index in [0.717, 1.165) is 28.9 Å². The fourth-order valence-corrected chi connectivity index (χ4v) is 6.48. The van der Waals surface area contributed by atoms with Crippen molar-refractivity contribution in [3.05, 3.63) is 40.4 Å². The van der Waals surface area contributed by atoms with Crippen LogP contribution in [0, 0.1) is 11.3 Å². The fraction of sp³-hybridized carbons (Fsp3) is 0.517. The highest BCUT2D eigenvalue weighted by Gasteiger charge is 2.57. The summed E-state index contributed by atoms with van der Waals surface area (Å²) in [5.41, 5.74) is 23.2. The van der Waals surface area contributed by atoms with Crippen molar-refractivity contribution in [3.8, 4) is 5.75 Å². The van der Waals surface area contributed by atoms with Crippen molar-refractivity contribution in [3.63, 3.8) is 0 Å². The molecule has 19 nitrogen and oxygen atoms in total. The number of hydrogen-bond acceptors (Lipinski definition) is 14. The summed E-state index contributed by atoms with van der Waals surface area (Å²) in [6.07, 6.45) is 1.07. The van der Waals surface area contributed by atoms with E-state index in [1.165, 1.54) is 19.2 Å². The summed E-state index contributed by atoms with van der Waals surface area (Å²) in [5, 5.41) is 15.0. The van der Waals surface area contributed by atoms with Crippen LogP contribution in [-0.4, -0.2) is 107 Å². The number of nitrogen functional groups attached to an aromatic ring is 1. The zero-order valence-electron chi connectivity index (χ0n) is 27.8. The summed E-state index contributed by atoms with van der Waals surface area (Å²) in [7, 11) is -4.94. The van der Waals surface area contributed by atoms with Crippen LogP contribution in [0.1, 0.15) is 49.9 Å². The van der Waals surface area contributed by atoms with E-state index in [2.05, 4.69) is 19.4 Å². The third kappa shape index (κ3) is 9.78. The number of β-lactam (4-membered cyclic amide) rings is 1. The molecule has 1 unspecified atom stereocenters. The first-order chi connectivity index (χ1) is 23.6. The van der Waals surface area contributed by atoms with Crippen LogP contribution in [-0.2, 0) is 42.2 Å². The number of nitrogens with zero attached hydrogens (tertiary/aromatic N) is 6. The number of oxime groups is 1. The molecule has 10 N–H and O–H groups in total. The lowest BCUT2D eigenvalue weighted by Gasteiger charge is -2.50. The summed E-state index contributed by atoms with van der Waals surface area (Å²) in [6.45, 7) is 6.37. The Hall–Kier alpha value is -4.57. The van der Waals surface area contributed by atoms with Crippen molar-refractivity contribution in [1.29, 1.82) is 5.41 Å². The van der Waals surface area contributed by atoms with E-state index in [0.29, 0.717) is 62.5 Å². The second kappa shape index (κ2) is 16.4. The number of hydrogen-bond donors (Lipinski definition) is 6. The van der Waals surface area contributed by atoms with Gasteiger partial charge in [0.2, 0.25) is 0 Å². The summed E-state index contributed by atoms with van der Waals surface area (Å²) in [5.74, 6) is -1.34. The van der Waals surface area contributed by atoms with Gasteiger partial charge in [0.15, 0.2) is 35.2 Å². The van der Waals surface area contributed by atoms with Gasteiger partial charge in [0.1, 0.15) is 18.1 Å². The Kier molecular flexibility index (Phi) is 12.6. The summed E-state index contributed by atoms with van der Waals surface area (Å²) in [4.78, 5) is 43.4. The number of fused-ring (bicyclic) bond motifs is 1. The van der Waals surface area contributed by atoms with Gasteiger partial charge in [0.05, 0.1) is 11.5 Å². The molecule has 0 saturated carbocycles. The fourth-order valence-electron chi connectivity index (χ4n) is 5.48. The first-order valence-electron chi connectivity index (χ1n) is 15.6. The molecule has 1 amide bonds. The lowest BCUT2D eigenvalue weighted by molar-refractivity contribution is -0.228. The predicted octanol–water partition coefficient (Wildman–Crippen LogP) is 0.0203. The number of carbonyl (C=O) groups excluding carboxylic acids is 2. The first kappa shape index (κ1) is 38.2. The number of rotatable bonds is 18. The number of guanidine groups is 2. The maximum absolute atomic E-state index is 13.3. The number of Topliss-reactive ketones (excluding diaryl/α,β-unsaturated/α-hetero) is 1. The van der Waals surface area contributed by atoms with Gasteiger partial charge in [-0.05, 0) is 56.5 Å². The van der Waals surface area contributed by atoms with E-state index in [-0.39, 0.29) is 42.1 Å². The largest absolute Gasteiger partial charge is 0.490 e. The molecule has 274 valence electrons. The molecule has 2 aliphatic rings. The van der Waals surface area contributed by atoms with Gasteiger partial charge >= 0.3 is 10.4 Å². The zero-order chi connectivity index (χ0) is 36.6. The third-order valence-corrected chi connectivity index (χ3v) is 9.08. The molecule has 1 saturated heterocycles. The molecule has 2 aromatic rings. The molecule has 2 aliphatic heterocycles. The Bertz CT molecular complexity index is 1730. The Morgan fingerprint density at radius 3 is 2.56 bits per heavy atom. The number of benzene rings is 1. The quantitative estimate of drug-likeness (QED) is 0.0294. The molecular weight excluding hydrogens is 695 g/mol. The van der Waals surface area contributed by atoms with Crippen molar-refractivity contribution in [2.24, 2.45) is 33.3 Å². The highest BCUT2D eigenvalue weighted by atomic mass is 32.3. The number of thiazole rings is 1. The highest BCUT2D eigenvalue weighted by Crippen LogP contribution is 2.40. The third-order valence-electron chi connectivity index (χ3n) is 8.07. The van der Waals surface area contributed by atoms with Crippen molar-refractivity contribution >= 4 is 56.2 Å². The Morgan fingerprint density at radius 1 is 1.20 bits per heavy atom. The second-order valence-electron chi connectivity index (χ2n) is 12.1. The minimum Gasteiger partial charge on any atom is -0.490 e. The van der Waals surface area contributed by atoms with E-state index < -0.39 is 33.5 Å². The summed E-state index contributed by atoms with van der Waals surface area (Å²) < 4.78 is 41.5. The van der Waals surface area contributed by atoms with Crippen molar-refractivity contribution in [2.45, 2.75) is 51.7 Å². The van der Waals surface area contributed by atoms with Gasteiger partial charge in [0.25, 0.3) is 5.91 Å². The summed E-state index contributed by atoms with van der Waals surface area (Å²) >= 11 is 1.08. The molecule has 3 heterocycles. The van der Waals surface area contributed by atoms with Crippen molar-refractivity contribution in [1.82, 2.24) is 19.8 Å². The van der Waals surface area contributed by atoms with Crippen LogP contribution in [0.2, 0.25) is 0 Å². The van der Waals surface area contributed by atoms with Crippen LogP contribution < -0.4 is 27.7 Å². The minimum atomic E-state index is -4.94. The molecule has 0 spiro atoms. The van der Waals surface area contributed by atoms with E-state index in [1.54, 1.807) is 0 Å². The number of nitrogens with one attached hydrogen (secondary N) is 1. The number of anilines is 1. The lowest BCUT2D eigenvalue weighted by Crippen LogP contribution is -2.68. The topological polar surface area (TPSA) is 291 Å². The van der Waals surface area contributed by atoms with E-state index in [4.69, 9.17) is 42.5 Å². The van der Waals surface area contributed by atoms with Crippen LogP contribution in [0.4, 0.5) is 5.13 Å². The maximum Gasteiger partial charge on any atom is 0.418 e. The van der Waals surface area contributed by atoms with Gasteiger partial charge in [-0.25, -0.2) is 4.98 Å². The molecular formula is C29H43N11O8S2. The predicted molar refractivity (Wildman–Crippen MR) is 185 cm³/mol. The smallest absolute Gasteiger partial charge is 0.418 e. The molecule has 0 bridgehead atoms. The molecule has 1 fully saturated rings. The standard InChI is InChI=1S/C29H43N11O8S2/c1-29(2)21(25(42)40(29)48-50(43,44)45)14-23(41)24(22-17-49-27(33)36-22)37-47-12-11-46-20-6-5-18-15-39(16-19(18)13-20)28(34)38(9-3-7-30)10-4-8-35-26(31)32/h5-6,13,17,21,34H,3-4,7-12,14-16,30H2,1-2H3,(H2,33,36)(H4,31,32,35)(H,43,44,45)/b34-28?,37-24-. The molecule has 1 aromatic carbocycles. The molecule has 1 atom stereocenters. The van der Waals surface area contributed by atoms with Gasteiger partial charge in [-0.2, -0.15) is 13.5 Å². The van der Waals surface area contributed by atoms with E-state index in [1.807, 2.05) is 28.0 Å². The number of aromatic nitrogens is 1. The highest BCUT2D eigenvalue weighted by molar-refractivity contribution is 7.80. The monoisotopic (exact) mass is 737 g/mol. The van der Waals surface area contributed by atoms with Gasteiger partial charge < -0.3 is 42.3 Å². The Labute approximate surface area is 293 Å². The van der Waals surface area contributed by atoms with Gasteiger partial charge in [0, 0.05) is 44.5 Å². The molecule has 50 heavy (non-hydrogen) atoms. The van der Waals surface area contributed by atoms with E-state index >= 15 is 0 Å². The molecule has 0 radical (unpaired) electrons. The van der Waals surface area contributed by atoms with Gasteiger partial charge in [-0.3, -0.25) is 24.5 Å². The average Bonchev–Trinajstić information content (AvgIpc) is 3.68. The number of nitrogens with two attached hydrogens (primary N) is 4. The van der Waals surface area contributed by atoms with Gasteiger partial charge in [-0.15, -0.1) is 15.6 Å². The van der Waals surface area contributed by atoms with Crippen LogP contribution in [0.3, 0.4) is 0 Å².